The molecule has 0 aliphatic carbocycles. The highest BCUT2D eigenvalue weighted by molar-refractivity contribution is 6.16. The number of alkyl halides is 3. The SMILES string of the molecule is O=C(Nc1cccc2c1C(=O)N(c1cccc(C(F)(F)F)c1)C2)c1cccnn1. The molecule has 1 aromatic heterocycles. The number of fused-ring (bicyclic) bond motifs is 1. The highest BCUT2D eigenvalue weighted by Crippen LogP contribution is 2.36. The molecular formula is C20H13F3N4O2. The number of anilines is 2. The second kappa shape index (κ2) is 7.01. The molecule has 146 valence electrons. The van der Waals surface area contributed by atoms with Crippen LogP contribution in [0.5, 0.6) is 0 Å². The van der Waals surface area contributed by atoms with Gasteiger partial charge < -0.3 is 10.2 Å². The smallest absolute Gasteiger partial charge is 0.320 e. The highest BCUT2D eigenvalue weighted by Gasteiger charge is 2.34. The number of nitrogens with zero attached hydrogens (tertiary/aromatic N) is 3. The number of nitrogens with one attached hydrogen (secondary N) is 1. The first-order valence-corrected chi connectivity index (χ1v) is 8.54. The number of aromatic nitrogens is 2. The van der Waals surface area contributed by atoms with Gasteiger partial charge in [0.2, 0.25) is 0 Å². The number of carbonyl (C=O) groups excluding carboxylic acids is 2. The summed E-state index contributed by atoms with van der Waals surface area (Å²) in [7, 11) is 0. The van der Waals surface area contributed by atoms with Gasteiger partial charge in [0.15, 0.2) is 5.69 Å². The molecule has 9 heteroatoms. The Bertz CT molecular complexity index is 1100. The summed E-state index contributed by atoms with van der Waals surface area (Å²) in [6.07, 6.45) is -3.09. The van der Waals surface area contributed by atoms with E-state index in [4.69, 9.17) is 0 Å². The zero-order valence-electron chi connectivity index (χ0n) is 14.8. The van der Waals surface area contributed by atoms with Crippen molar-refractivity contribution in [2.45, 2.75) is 12.7 Å². The number of amides is 2. The van der Waals surface area contributed by atoms with Gasteiger partial charge in [-0.1, -0.05) is 18.2 Å². The zero-order valence-corrected chi connectivity index (χ0v) is 14.8. The molecule has 1 N–H and O–H groups in total. The van der Waals surface area contributed by atoms with E-state index in [1.807, 2.05) is 0 Å². The molecule has 1 aliphatic heterocycles. The van der Waals surface area contributed by atoms with Gasteiger partial charge in [0.05, 0.1) is 23.4 Å². The fourth-order valence-corrected chi connectivity index (χ4v) is 3.13. The molecule has 0 saturated carbocycles. The van der Waals surface area contributed by atoms with Crippen molar-refractivity contribution in [1.82, 2.24) is 10.2 Å². The summed E-state index contributed by atoms with van der Waals surface area (Å²) in [4.78, 5) is 26.6. The third-order valence-corrected chi connectivity index (χ3v) is 4.48. The van der Waals surface area contributed by atoms with E-state index < -0.39 is 23.6 Å². The molecule has 2 heterocycles. The Hall–Kier alpha value is -3.75. The Balaban J connectivity index is 1.65. The van der Waals surface area contributed by atoms with E-state index >= 15 is 0 Å². The number of carbonyl (C=O) groups is 2. The number of benzene rings is 2. The van der Waals surface area contributed by atoms with E-state index in [9.17, 15) is 22.8 Å². The largest absolute Gasteiger partial charge is 0.416 e. The first-order valence-electron chi connectivity index (χ1n) is 8.54. The van der Waals surface area contributed by atoms with Crippen molar-refractivity contribution in [1.29, 1.82) is 0 Å². The number of hydrogen-bond donors (Lipinski definition) is 1. The molecule has 0 radical (unpaired) electrons. The molecule has 29 heavy (non-hydrogen) atoms. The summed E-state index contributed by atoms with van der Waals surface area (Å²) in [5.74, 6) is -1.04. The lowest BCUT2D eigenvalue weighted by Gasteiger charge is -2.17. The topological polar surface area (TPSA) is 75.2 Å². The minimum Gasteiger partial charge on any atom is -0.320 e. The third-order valence-electron chi connectivity index (χ3n) is 4.48. The fourth-order valence-electron chi connectivity index (χ4n) is 3.13. The highest BCUT2D eigenvalue weighted by atomic mass is 19.4. The lowest BCUT2D eigenvalue weighted by Crippen LogP contribution is -2.24. The molecule has 3 aromatic rings. The van der Waals surface area contributed by atoms with Crippen LogP contribution in [0.15, 0.2) is 60.8 Å². The molecule has 4 rings (SSSR count). The van der Waals surface area contributed by atoms with Gasteiger partial charge in [0.1, 0.15) is 0 Å². The van der Waals surface area contributed by atoms with Crippen LogP contribution in [0.2, 0.25) is 0 Å². The van der Waals surface area contributed by atoms with Gasteiger partial charge in [-0.25, -0.2) is 0 Å². The maximum absolute atomic E-state index is 13.0. The predicted octanol–water partition coefficient (Wildman–Crippen LogP) is 3.91. The van der Waals surface area contributed by atoms with Gasteiger partial charge in [-0.15, -0.1) is 5.10 Å². The Kier molecular flexibility index (Phi) is 4.50. The van der Waals surface area contributed by atoms with Crippen LogP contribution in [0.1, 0.15) is 32.0 Å². The standard InChI is InChI=1S/C20H13F3N4O2/c21-20(22,23)13-5-2-6-14(10-13)27-11-12-4-1-7-15(17(12)19(27)29)25-18(28)16-8-3-9-24-26-16/h1-10H,11H2,(H,25,28). The van der Waals surface area contributed by atoms with Crippen molar-refractivity contribution in [2.75, 3.05) is 10.2 Å². The van der Waals surface area contributed by atoms with Crippen molar-refractivity contribution in [3.63, 3.8) is 0 Å². The van der Waals surface area contributed by atoms with Gasteiger partial charge in [0.25, 0.3) is 11.8 Å². The Morgan fingerprint density at radius 1 is 1.07 bits per heavy atom. The van der Waals surface area contributed by atoms with Crippen LogP contribution in [0.4, 0.5) is 24.5 Å². The lowest BCUT2D eigenvalue weighted by atomic mass is 10.1. The summed E-state index contributed by atoms with van der Waals surface area (Å²) in [6.45, 7) is 0.102. The molecule has 0 unspecified atom stereocenters. The van der Waals surface area contributed by atoms with E-state index in [1.54, 1.807) is 24.3 Å². The second-order valence-corrected chi connectivity index (χ2v) is 6.34. The number of halogens is 3. The molecule has 1 aliphatic rings. The van der Waals surface area contributed by atoms with Gasteiger partial charge in [0, 0.05) is 11.9 Å². The summed E-state index contributed by atoms with van der Waals surface area (Å²) >= 11 is 0. The molecule has 0 spiro atoms. The van der Waals surface area contributed by atoms with Crippen LogP contribution in [0, 0.1) is 0 Å². The van der Waals surface area contributed by atoms with Crippen LogP contribution in [-0.2, 0) is 12.7 Å². The van der Waals surface area contributed by atoms with Gasteiger partial charge in [-0.2, -0.15) is 18.3 Å². The average molecular weight is 398 g/mol. The van der Waals surface area contributed by atoms with Gasteiger partial charge >= 0.3 is 6.18 Å². The van der Waals surface area contributed by atoms with E-state index in [0.717, 1.165) is 12.1 Å². The maximum Gasteiger partial charge on any atom is 0.416 e. The van der Waals surface area contributed by atoms with Crippen molar-refractivity contribution in [3.8, 4) is 0 Å². The van der Waals surface area contributed by atoms with Crippen LogP contribution in [0.3, 0.4) is 0 Å². The molecule has 2 aromatic carbocycles. The second-order valence-electron chi connectivity index (χ2n) is 6.34. The van der Waals surface area contributed by atoms with E-state index in [0.29, 0.717) is 5.56 Å². The Labute approximate surface area is 163 Å². The molecule has 0 atom stereocenters. The van der Waals surface area contributed by atoms with Crippen LogP contribution in [-0.4, -0.2) is 22.0 Å². The minimum absolute atomic E-state index is 0.0743. The minimum atomic E-state index is -4.51. The zero-order chi connectivity index (χ0) is 20.6. The molecule has 0 fully saturated rings. The average Bonchev–Trinajstić information content (AvgIpc) is 3.06. The first kappa shape index (κ1) is 18.6. The summed E-state index contributed by atoms with van der Waals surface area (Å²) < 4.78 is 39.1. The fraction of sp³-hybridized carbons (Fsp3) is 0.100. The van der Waals surface area contributed by atoms with Crippen molar-refractivity contribution in [3.05, 3.63) is 83.2 Å². The molecule has 6 nitrogen and oxygen atoms in total. The van der Waals surface area contributed by atoms with Gasteiger partial charge in [-0.05, 0) is 42.0 Å². The van der Waals surface area contributed by atoms with Crippen LogP contribution < -0.4 is 10.2 Å². The number of rotatable bonds is 3. The Morgan fingerprint density at radius 2 is 1.86 bits per heavy atom. The van der Waals surface area contributed by atoms with E-state index in [-0.39, 0.29) is 29.2 Å². The van der Waals surface area contributed by atoms with E-state index in [1.165, 1.54) is 29.3 Å². The number of hydrogen-bond acceptors (Lipinski definition) is 4. The molecule has 2 amide bonds. The lowest BCUT2D eigenvalue weighted by molar-refractivity contribution is -0.137. The normalized spacial score (nSPS) is 13.3. The summed E-state index contributed by atoms with van der Waals surface area (Å²) in [6, 6.07) is 12.5. The van der Waals surface area contributed by atoms with Crippen LogP contribution in [0.25, 0.3) is 0 Å². The quantitative estimate of drug-likeness (QED) is 0.726. The maximum atomic E-state index is 13.0. The monoisotopic (exact) mass is 398 g/mol. The molecule has 0 saturated heterocycles. The van der Waals surface area contributed by atoms with E-state index in [2.05, 4.69) is 15.5 Å². The molecule has 0 bridgehead atoms. The Morgan fingerprint density at radius 3 is 2.59 bits per heavy atom. The van der Waals surface area contributed by atoms with Crippen molar-refractivity contribution < 1.29 is 22.8 Å². The van der Waals surface area contributed by atoms with Crippen molar-refractivity contribution in [2.24, 2.45) is 0 Å². The summed E-state index contributed by atoms with van der Waals surface area (Å²) in [5.41, 5.74) is 0.469. The first-order chi connectivity index (χ1) is 13.8. The third kappa shape index (κ3) is 3.54. The van der Waals surface area contributed by atoms with Crippen molar-refractivity contribution >= 4 is 23.2 Å². The predicted molar refractivity (Wildman–Crippen MR) is 98.4 cm³/mol. The van der Waals surface area contributed by atoms with Gasteiger partial charge in [-0.3, -0.25) is 9.59 Å². The van der Waals surface area contributed by atoms with Crippen LogP contribution >= 0.6 is 0 Å². The molecular weight excluding hydrogens is 385 g/mol. The summed E-state index contributed by atoms with van der Waals surface area (Å²) in [5, 5.41) is 9.98.